The van der Waals surface area contributed by atoms with E-state index >= 15 is 0 Å². The highest BCUT2D eigenvalue weighted by atomic mass is 15.1. The van der Waals surface area contributed by atoms with Crippen molar-refractivity contribution in [3.8, 4) is 0 Å². The van der Waals surface area contributed by atoms with Crippen LogP contribution in [0.15, 0.2) is 12.2 Å². The van der Waals surface area contributed by atoms with Crippen molar-refractivity contribution in [2.75, 3.05) is 13.6 Å². The van der Waals surface area contributed by atoms with E-state index in [-0.39, 0.29) is 0 Å². The van der Waals surface area contributed by atoms with Crippen molar-refractivity contribution in [1.29, 1.82) is 0 Å². The van der Waals surface area contributed by atoms with Crippen LogP contribution in [0.4, 0.5) is 0 Å². The number of fused-ring (bicyclic) bond motifs is 1. The predicted molar refractivity (Wildman–Crippen MR) is 52.1 cm³/mol. The minimum absolute atomic E-state index is 0.803. The molecule has 68 valence electrons. The molecule has 3 unspecified atom stereocenters. The molecule has 0 spiro atoms. The number of likely N-dealkylation sites (tertiary alicyclic amines) is 1. The van der Waals surface area contributed by atoms with Crippen molar-refractivity contribution in [1.82, 2.24) is 4.90 Å². The Hall–Kier alpha value is -0.300. The van der Waals surface area contributed by atoms with Crippen LogP contribution in [0.25, 0.3) is 0 Å². The van der Waals surface area contributed by atoms with Crippen LogP contribution in [0.3, 0.4) is 0 Å². The molecule has 2 aliphatic rings. The Labute approximate surface area is 75.4 Å². The van der Waals surface area contributed by atoms with Gasteiger partial charge in [0.2, 0.25) is 0 Å². The molecule has 12 heavy (non-hydrogen) atoms. The van der Waals surface area contributed by atoms with Crippen LogP contribution in [0, 0.1) is 11.8 Å². The Bertz CT molecular complexity index is 185. The lowest BCUT2D eigenvalue weighted by Gasteiger charge is -2.41. The van der Waals surface area contributed by atoms with Crippen molar-refractivity contribution in [3.63, 3.8) is 0 Å². The molecule has 1 aliphatic carbocycles. The van der Waals surface area contributed by atoms with Crippen LogP contribution >= 0.6 is 0 Å². The van der Waals surface area contributed by atoms with Gasteiger partial charge in [0.15, 0.2) is 0 Å². The van der Waals surface area contributed by atoms with Crippen molar-refractivity contribution in [2.24, 2.45) is 11.8 Å². The molecule has 1 fully saturated rings. The second-order valence-corrected chi connectivity index (χ2v) is 4.45. The predicted octanol–water partition coefficient (Wildman–Crippen LogP) is 2.29. The van der Waals surface area contributed by atoms with Gasteiger partial charge < -0.3 is 4.90 Å². The molecule has 2 rings (SSSR count). The van der Waals surface area contributed by atoms with Gasteiger partial charge in [0.1, 0.15) is 0 Å². The Balaban J connectivity index is 2.06. The molecular weight excluding hydrogens is 146 g/mol. The monoisotopic (exact) mass is 165 g/mol. The van der Waals surface area contributed by atoms with Gasteiger partial charge in [-0.25, -0.2) is 0 Å². The molecule has 0 radical (unpaired) electrons. The molecule has 0 aromatic rings. The highest BCUT2D eigenvalue weighted by Gasteiger charge is 2.30. The summed E-state index contributed by atoms with van der Waals surface area (Å²) < 4.78 is 0. The highest BCUT2D eigenvalue weighted by molar-refractivity contribution is 5.01. The zero-order valence-electron chi connectivity index (χ0n) is 8.16. The van der Waals surface area contributed by atoms with Gasteiger partial charge in [-0.05, 0) is 45.1 Å². The summed E-state index contributed by atoms with van der Waals surface area (Å²) in [5.41, 5.74) is 0. The summed E-state index contributed by atoms with van der Waals surface area (Å²) in [6.07, 6.45) is 8.96. The fraction of sp³-hybridized carbons (Fsp3) is 0.818. The van der Waals surface area contributed by atoms with E-state index in [4.69, 9.17) is 0 Å². The Morgan fingerprint density at radius 2 is 2.25 bits per heavy atom. The summed E-state index contributed by atoms with van der Waals surface area (Å²) in [5.74, 6) is 1.85. The molecule has 3 atom stereocenters. The van der Waals surface area contributed by atoms with Crippen molar-refractivity contribution < 1.29 is 0 Å². The van der Waals surface area contributed by atoms with E-state index in [0.29, 0.717) is 0 Å². The van der Waals surface area contributed by atoms with E-state index in [2.05, 4.69) is 31.0 Å². The fourth-order valence-corrected chi connectivity index (χ4v) is 2.59. The number of rotatable bonds is 0. The summed E-state index contributed by atoms with van der Waals surface area (Å²) in [6.45, 7) is 3.64. The van der Waals surface area contributed by atoms with Gasteiger partial charge in [-0.3, -0.25) is 0 Å². The molecule has 1 saturated heterocycles. The Morgan fingerprint density at radius 1 is 1.42 bits per heavy atom. The van der Waals surface area contributed by atoms with Crippen LogP contribution in [0.5, 0.6) is 0 Å². The Morgan fingerprint density at radius 3 is 3.08 bits per heavy atom. The van der Waals surface area contributed by atoms with Crippen LogP contribution in [-0.4, -0.2) is 24.5 Å². The molecular formula is C11H19N. The van der Waals surface area contributed by atoms with E-state index in [1.165, 1.54) is 25.8 Å². The van der Waals surface area contributed by atoms with Gasteiger partial charge in [-0.1, -0.05) is 12.2 Å². The third-order valence-electron chi connectivity index (χ3n) is 3.59. The molecule has 1 heterocycles. The van der Waals surface area contributed by atoms with Gasteiger partial charge in [-0.15, -0.1) is 0 Å². The average Bonchev–Trinajstić information content (AvgIpc) is 2.07. The number of piperidine rings is 1. The summed E-state index contributed by atoms with van der Waals surface area (Å²) in [5, 5.41) is 0. The smallest absolute Gasteiger partial charge is 0.00669 e. The largest absolute Gasteiger partial charge is 0.303 e. The number of hydrogen-bond donors (Lipinski definition) is 0. The first-order valence-electron chi connectivity index (χ1n) is 5.14. The quantitative estimate of drug-likeness (QED) is 0.498. The van der Waals surface area contributed by atoms with Gasteiger partial charge in [-0.2, -0.15) is 0 Å². The molecule has 1 aliphatic heterocycles. The molecule has 0 aromatic heterocycles. The van der Waals surface area contributed by atoms with E-state index in [1.54, 1.807) is 0 Å². The third kappa shape index (κ3) is 1.42. The highest BCUT2D eigenvalue weighted by Crippen LogP contribution is 2.34. The number of allylic oxidation sites excluding steroid dienone is 1. The summed E-state index contributed by atoms with van der Waals surface area (Å²) in [4.78, 5) is 2.50. The molecule has 1 heteroatoms. The second kappa shape index (κ2) is 3.21. The van der Waals surface area contributed by atoms with Gasteiger partial charge in [0, 0.05) is 12.6 Å². The summed E-state index contributed by atoms with van der Waals surface area (Å²) in [6, 6.07) is 0.803. The van der Waals surface area contributed by atoms with Crippen LogP contribution in [0.2, 0.25) is 0 Å². The van der Waals surface area contributed by atoms with E-state index in [9.17, 15) is 0 Å². The van der Waals surface area contributed by atoms with Crippen LogP contribution < -0.4 is 0 Å². The lowest BCUT2D eigenvalue weighted by molar-refractivity contribution is 0.108. The van der Waals surface area contributed by atoms with Crippen molar-refractivity contribution >= 4 is 0 Å². The lowest BCUT2D eigenvalue weighted by Crippen LogP contribution is -2.43. The van der Waals surface area contributed by atoms with Crippen LogP contribution in [0.1, 0.15) is 26.2 Å². The van der Waals surface area contributed by atoms with Gasteiger partial charge >= 0.3 is 0 Å². The van der Waals surface area contributed by atoms with E-state index < -0.39 is 0 Å². The second-order valence-electron chi connectivity index (χ2n) is 4.45. The SMILES string of the molecule is CC1CC2CCC=CC2CN1C. The van der Waals surface area contributed by atoms with Crippen molar-refractivity contribution in [2.45, 2.75) is 32.2 Å². The van der Waals surface area contributed by atoms with E-state index in [1.807, 2.05) is 0 Å². The number of hydrogen-bond acceptors (Lipinski definition) is 1. The summed E-state index contributed by atoms with van der Waals surface area (Å²) >= 11 is 0. The molecule has 0 saturated carbocycles. The topological polar surface area (TPSA) is 3.24 Å². The van der Waals surface area contributed by atoms with Gasteiger partial charge in [0.25, 0.3) is 0 Å². The Kier molecular flexibility index (Phi) is 2.22. The molecule has 0 aromatic carbocycles. The first-order valence-corrected chi connectivity index (χ1v) is 5.14. The zero-order chi connectivity index (χ0) is 8.55. The lowest BCUT2D eigenvalue weighted by atomic mass is 9.77. The first kappa shape index (κ1) is 8.31. The fourth-order valence-electron chi connectivity index (χ4n) is 2.59. The molecule has 0 N–H and O–H groups in total. The first-order chi connectivity index (χ1) is 5.77. The van der Waals surface area contributed by atoms with Crippen LogP contribution in [-0.2, 0) is 0 Å². The third-order valence-corrected chi connectivity index (χ3v) is 3.59. The maximum Gasteiger partial charge on any atom is 0.00669 e. The molecule has 0 amide bonds. The minimum Gasteiger partial charge on any atom is -0.303 e. The standard InChI is InChI=1S/C11H19N/c1-9-7-10-5-3-4-6-11(10)8-12(9)2/h4,6,9-11H,3,5,7-8H2,1-2H3. The van der Waals surface area contributed by atoms with Crippen molar-refractivity contribution in [3.05, 3.63) is 12.2 Å². The summed E-state index contributed by atoms with van der Waals surface area (Å²) in [7, 11) is 2.25. The normalized spacial score (nSPS) is 42.7. The minimum atomic E-state index is 0.803. The molecule has 1 nitrogen and oxygen atoms in total. The van der Waals surface area contributed by atoms with E-state index in [0.717, 1.165) is 17.9 Å². The maximum atomic E-state index is 2.50. The van der Waals surface area contributed by atoms with Gasteiger partial charge in [0.05, 0.1) is 0 Å². The average molecular weight is 165 g/mol. The zero-order valence-corrected chi connectivity index (χ0v) is 8.16. The number of nitrogens with zero attached hydrogens (tertiary/aromatic N) is 1. The molecule has 0 bridgehead atoms. The maximum absolute atomic E-state index is 2.50.